The summed E-state index contributed by atoms with van der Waals surface area (Å²) in [6, 6.07) is 20.2. The Balaban J connectivity index is 1.21. The van der Waals surface area contributed by atoms with Gasteiger partial charge in [0.25, 0.3) is 5.91 Å². The number of imide groups is 1. The van der Waals surface area contributed by atoms with Gasteiger partial charge in [0, 0.05) is 37.4 Å². The summed E-state index contributed by atoms with van der Waals surface area (Å²) in [6.45, 7) is 2.95. The largest absolute Gasteiger partial charge is 0.369 e. The van der Waals surface area contributed by atoms with Gasteiger partial charge in [0.2, 0.25) is 11.7 Å². The lowest BCUT2D eigenvalue weighted by atomic mass is 10.1. The third-order valence-corrected chi connectivity index (χ3v) is 7.00. The molecule has 6 nitrogen and oxygen atoms in total. The number of rotatable bonds is 5. The molecule has 0 unspecified atom stereocenters. The number of anilines is 2. The average molecular weight is 446 g/mol. The monoisotopic (exact) mass is 445 g/mol. The minimum absolute atomic E-state index is 0.0451. The molecule has 2 saturated heterocycles. The van der Waals surface area contributed by atoms with Crippen molar-refractivity contribution in [1.29, 1.82) is 0 Å². The molecular weight excluding hydrogens is 422 g/mol. The van der Waals surface area contributed by atoms with Crippen LogP contribution in [0.25, 0.3) is 0 Å². The molecule has 3 aromatic rings. The van der Waals surface area contributed by atoms with Crippen LogP contribution in [0.1, 0.15) is 21.7 Å². The Bertz CT molecular complexity index is 1120. The van der Waals surface area contributed by atoms with E-state index in [0.717, 1.165) is 23.7 Å². The normalized spacial score (nSPS) is 19.6. The minimum Gasteiger partial charge on any atom is -0.369 e. The van der Waals surface area contributed by atoms with Crippen LogP contribution in [0.15, 0.2) is 72.1 Å². The van der Waals surface area contributed by atoms with Gasteiger partial charge in [-0.05, 0) is 47.8 Å². The third-order valence-electron chi connectivity index (χ3n) is 6.13. The van der Waals surface area contributed by atoms with E-state index in [9.17, 15) is 14.4 Å². The number of carbonyl (C=O) groups excluding carboxylic acids is 3. The Kier molecular flexibility index (Phi) is 5.59. The molecule has 0 aliphatic carbocycles. The highest BCUT2D eigenvalue weighted by atomic mass is 32.1. The molecule has 1 atom stereocenters. The van der Waals surface area contributed by atoms with E-state index >= 15 is 0 Å². The van der Waals surface area contributed by atoms with Crippen molar-refractivity contribution in [2.24, 2.45) is 0 Å². The maximum absolute atomic E-state index is 13.0. The second-order valence-corrected chi connectivity index (χ2v) is 8.95. The first kappa shape index (κ1) is 20.6. The number of nitrogens with zero attached hydrogens (tertiary/aromatic N) is 3. The number of benzene rings is 2. The van der Waals surface area contributed by atoms with Gasteiger partial charge in [0.05, 0.1) is 23.0 Å². The van der Waals surface area contributed by atoms with Crippen molar-refractivity contribution in [2.45, 2.75) is 12.5 Å². The third kappa shape index (κ3) is 3.85. The molecule has 0 spiro atoms. The molecule has 0 radical (unpaired) electrons. The molecule has 2 aromatic carbocycles. The van der Waals surface area contributed by atoms with Crippen LogP contribution in [0.2, 0.25) is 0 Å². The Hall–Kier alpha value is -3.29. The summed E-state index contributed by atoms with van der Waals surface area (Å²) < 4.78 is 0. The summed E-state index contributed by atoms with van der Waals surface area (Å²) >= 11 is 1.45. The standard InChI is InChI=1S/C25H23N3O3S/c29-23-17-21(25(31)28(23)20-5-2-1-3-6-20)27-14-12-26(13-15-27)19-10-8-18(9-11-19)24(30)22-7-4-16-32-22/h1-11,16,21H,12-15,17H2/t21-/m0/s1. The van der Waals surface area contributed by atoms with Crippen LogP contribution >= 0.6 is 11.3 Å². The van der Waals surface area contributed by atoms with Crippen LogP contribution < -0.4 is 9.80 Å². The highest BCUT2D eigenvalue weighted by molar-refractivity contribution is 7.12. The summed E-state index contributed by atoms with van der Waals surface area (Å²) in [5, 5.41) is 1.91. The second kappa shape index (κ2) is 8.68. The predicted octanol–water partition coefficient (Wildman–Crippen LogP) is 3.43. The number of hydrogen-bond donors (Lipinski definition) is 0. The Morgan fingerprint density at radius 2 is 1.53 bits per heavy atom. The van der Waals surface area contributed by atoms with Gasteiger partial charge in [-0.15, -0.1) is 11.3 Å². The number of thiophene rings is 1. The lowest BCUT2D eigenvalue weighted by Crippen LogP contribution is -2.52. The van der Waals surface area contributed by atoms with E-state index in [4.69, 9.17) is 0 Å². The van der Waals surface area contributed by atoms with Crippen molar-refractivity contribution in [3.05, 3.63) is 82.6 Å². The van der Waals surface area contributed by atoms with Gasteiger partial charge in [-0.25, -0.2) is 4.90 Å². The SMILES string of the molecule is O=C(c1ccc(N2CCN([C@H]3CC(=O)N(c4ccccc4)C3=O)CC2)cc1)c1cccs1. The molecule has 162 valence electrons. The maximum Gasteiger partial charge on any atom is 0.251 e. The minimum atomic E-state index is -0.393. The Morgan fingerprint density at radius 1 is 0.812 bits per heavy atom. The van der Waals surface area contributed by atoms with Crippen molar-refractivity contribution in [1.82, 2.24) is 4.90 Å². The Labute approximate surface area is 190 Å². The number of ketones is 1. The quantitative estimate of drug-likeness (QED) is 0.445. The highest BCUT2D eigenvalue weighted by Crippen LogP contribution is 2.27. The smallest absolute Gasteiger partial charge is 0.251 e. The zero-order valence-corrected chi connectivity index (χ0v) is 18.3. The van der Waals surface area contributed by atoms with Crippen molar-refractivity contribution < 1.29 is 14.4 Å². The summed E-state index contributed by atoms with van der Waals surface area (Å²) in [6.07, 6.45) is 0.229. The molecule has 7 heteroatoms. The van der Waals surface area contributed by atoms with Crippen LogP contribution in [0.5, 0.6) is 0 Å². The summed E-state index contributed by atoms with van der Waals surface area (Å²) in [7, 11) is 0. The van der Waals surface area contributed by atoms with E-state index in [-0.39, 0.29) is 24.0 Å². The molecule has 5 rings (SSSR count). The number of carbonyl (C=O) groups is 3. The topological polar surface area (TPSA) is 60.9 Å². The number of piperazine rings is 1. The lowest BCUT2D eigenvalue weighted by Gasteiger charge is -2.38. The molecule has 2 amide bonds. The lowest BCUT2D eigenvalue weighted by molar-refractivity contribution is -0.123. The highest BCUT2D eigenvalue weighted by Gasteiger charge is 2.43. The fraction of sp³-hybridized carbons (Fsp3) is 0.240. The second-order valence-electron chi connectivity index (χ2n) is 8.00. The molecule has 2 aliphatic rings. The van der Waals surface area contributed by atoms with Crippen molar-refractivity contribution >= 4 is 40.3 Å². The predicted molar refractivity (Wildman–Crippen MR) is 125 cm³/mol. The first-order valence-electron chi connectivity index (χ1n) is 10.7. The van der Waals surface area contributed by atoms with Gasteiger partial charge in [-0.2, -0.15) is 0 Å². The van der Waals surface area contributed by atoms with Crippen molar-refractivity contribution in [3.63, 3.8) is 0 Å². The van der Waals surface area contributed by atoms with Gasteiger partial charge in [-0.1, -0.05) is 24.3 Å². The fourth-order valence-corrected chi connectivity index (χ4v) is 5.10. The molecule has 2 aliphatic heterocycles. The van der Waals surface area contributed by atoms with Crippen LogP contribution in [0.4, 0.5) is 11.4 Å². The molecule has 0 N–H and O–H groups in total. The van der Waals surface area contributed by atoms with Gasteiger partial charge in [-0.3, -0.25) is 19.3 Å². The molecule has 1 aromatic heterocycles. The first-order chi connectivity index (χ1) is 15.6. The fourth-order valence-electron chi connectivity index (χ4n) is 4.41. The Morgan fingerprint density at radius 3 is 2.19 bits per heavy atom. The van der Waals surface area contributed by atoms with Crippen molar-refractivity contribution in [2.75, 3.05) is 36.0 Å². The van der Waals surface area contributed by atoms with Gasteiger partial charge < -0.3 is 4.90 Å². The van der Waals surface area contributed by atoms with E-state index < -0.39 is 6.04 Å². The molecule has 32 heavy (non-hydrogen) atoms. The first-order valence-corrected chi connectivity index (χ1v) is 11.6. The zero-order chi connectivity index (χ0) is 22.1. The van der Waals surface area contributed by atoms with E-state index in [2.05, 4.69) is 9.80 Å². The van der Waals surface area contributed by atoms with Gasteiger partial charge in [0.1, 0.15) is 0 Å². The summed E-state index contributed by atoms with van der Waals surface area (Å²) in [5.74, 6) is -0.227. The summed E-state index contributed by atoms with van der Waals surface area (Å²) in [4.78, 5) is 44.5. The number of para-hydroxylation sites is 1. The van der Waals surface area contributed by atoms with E-state index in [1.54, 1.807) is 12.1 Å². The maximum atomic E-state index is 13.0. The van der Waals surface area contributed by atoms with E-state index in [1.807, 2.05) is 60.0 Å². The van der Waals surface area contributed by atoms with Crippen LogP contribution in [0.3, 0.4) is 0 Å². The van der Waals surface area contributed by atoms with Crippen LogP contribution in [0, 0.1) is 0 Å². The van der Waals surface area contributed by atoms with Gasteiger partial charge >= 0.3 is 0 Å². The van der Waals surface area contributed by atoms with E-state index in [0.29, 0.717) is 24.3 Å². The van der Waals surface area contributed by atoms with Crippen LogP contribution in [-0.4, -0.2) is 54.7 Å². The average Bonchev–Trinajstić information content (AvgIpc) is 3.48. The number of hydrogen-bond acceptors (Lipinski definition) is 6. The number of amides is 2. The van der Waals surface area contributed by atoms with Crippen molar-refractivity contribution in [3.8, 4) is 0 Å². The van der Waals surface area contributed by atoms with Gasteiger partial charge in [0.15, 0.2) is 0 Å². The van der Waals surface area contributed by atoms with Crippen LogP contribution in [-0.2, 0) is 9.59 Å². The summed E-state index contributed by atoms with van der Waals surface area (Å²) in [5.41, 5.74) is 2.39. The molecule has 3 heterocycles. The molecular formula is C25H23N3O3S. The molecule has 0 saturated carbocycles. The zero-order valence-electron chi connectivity index (χ0n) is 17.5. The molecule has 0 bridgehead atoms. The molecule has 2 fully saturated rings. The van der Waals surface area contributed by atoms with E-state index in [1.165, 1.54) is 16.2 Å².